The number of carbonyl (C=O) groups excluding carboxylic acids is 1. The summed E-state index contributed by atoms with van der Waals surface area (Å²) >= 11 is 0. The molecule has 0 aliphatic carbocycles. The summed E-state index contributed by atoms with van der Waals surface area (Å²) in [4.78, 5) is 22.6. The van der Waals surface area contributed by atoms with Crippen LogP contribution in [0.15, 0.2) is 6.07 Å². The van der Waals surface area contributed by atoms with Crippen molar-refractivity contribution >= 4 is 17.5 Å². The number of anilines is 2. The van der Waals surface area contributed by atoms with Crippen LogP contribution in [0.2, 0.25) is 0 Å². The number of rotatable bonds is 6. The topological polar surface area (TPSA) is 79.4 Å². The predicted octanol–water partition coefficient (Wildman–Crippen LogP) is 0.771. The zero-order valence-corrected chi connectivity index (χ0v) is 12.7. The standard InChI is InChI=1S/C14H23N5O2/c1-3-15-11-8-13(18-12(17-11)10-21-4-2)19-7-5-6-16-14(20)9-19/h8H,3-7,9-10H2,1-2H3,(H,16,20)(H,15,17,18). The molecular formula is C14H23N5O2. The maximum Gasteiger partial charge on any atom is 0.239 e. The molecule has 7 heteroatoms. The van der Waals surface area contributed by atoms with Gasteiger partial charge in [0, 0.05) is 32.3 Å². The highest BCUT2D eigenvalue weighted by Crippen LogP contribution is 2.17. The normalized spacial score (nSPS) is 15.5. The summed E-state index contributed by atoms with van der Waals surface area (Å²) in [7, 11) is 0. The van der Waals surface area contributed by atoms with Crippen LogP contribution in [-0.2, 0) is 16.1 Å². The Hall–Kier alpha value is -1.89. The van der Waals surface area contributed by atoms with E-state index in [0.717, 1.165) is 31.1 Å². The Kier molecular flexibility index (Phi) is 5.74. The van der Waals surface area contributed by atoms with E-state index in [9.17, 15) is 4.79 Å². The van der Waals surface area contributed by atoms with E-state index in [4.69, 9.17) is 4.74 Å². The summed E-state index contributed by atoms with van der Waals surface area (Å²) in [6.07, 6.45) is 0.910. The summed E-state index contributed by atoms with van der Waals surface area (Å²) in [5.41, 5.74) is 0. The van der Waals surface area contributed by atoms with Crippen molar-refractivity contribution in [2.45, 2.75) is 26.9 Å². The molecular weight excluding hydrogens is 270 g/mol. The number of aromatic nitrogens is 2. The van der Waals surface area contributed by atoms with E-state index < -0.39 is 0 Å². The lowest BCUT2D eigenvalue weighted by molar-refractivity contribution is -0.119. The van der Waals surface area contributed by atoms with E-state index in [-0.39, 0.29) is 5.91 Å². The van der Waals surface area contributed by atoms with Crippen LogP contribution >= 0.6 is 0 Å². The molecule has 1 aliphatic rings. The van der Waals surface area contributed by atoms with Crippen LogP contribution in [0.4, 0.5) is 11.6 Å². The number of nitrogens with one attached hydrogen (secondary N) is 2. The third-order valence-corrected chi connectivity index (χ3v) is 3.14. The summed E-state index contributed by atoms with van der Waals surface area (Å²) in [6.45, 7) is 7.58. The van der Waals surface area contributed by atoms with Crippen molar-refractivity contribution in [2.24, 2.45) is 0 Å². The molecule has 1 amide bonds. The molecule has 1 aromatic rings. The second-order valence-corrected chi connectivity index (χ2v) is 4.82. The number of hydrogen-bond acceptors (Lipinski definition) is 6. The van der Waals surface area contributed by atoms with Crippen LogP contribution < -0.4 is 15.5 Å². The minimum absolute atomic E-state index is 0.0301. The fourth-order valence-electron chi connectivity index (χ4n) is 2.18. The molecule has 2 rings (SSSR count). The highest BCUT2D eigenvalue weighted by molar-refractivity contribution is 5.81. The molecule has 7 nitrogen and oxygen atoms in total. The first kappa shape index (κ1) is 15.5. The van der Waals surface area contributed by atoms with Crippen LogP contribution in [0.3, 0.4) is 0 Å². The van der Waals surface area contributed by atoms with Gasteiger partial charge in [-0.05, 0) is 20.3 Å². The van der Waals surface area contributed by atoms with Crippen molar-refractivity contribution < 1.29 is 9.53 Å². The summed E-state index contributed by atoms with van der Waals surface area (Å²) < 4.78 is 5.39. The van der Waals surface area contributed by atoms with E-state index in [1.807, 2.05) is 24.8 Å². The first-order valence-corrected chi connectivity index (χ1v) is 7.44. The van der Waals surface area contributed by atoms with E-state index in [1.165, 1.54) is 0 Å². The smallest absolute Gasteiger partial charge is 0.239 e. The van der Waals surface area contributed by atoms with Gasteiger partial charge in [-0.25, -0.2) is 9.97 Å². The Morgan fingerprint density at radius 1 is 1.43 bits per heavy atom. The first-order valence-electron chi connectivity index (χ1n) is 7.44. The summed E-state index contributed by atoms with van der Waals surface area (Å²) in [5, 5.41) is 6.07. The molecule has 0 aromatic carbocycles. The van der Waals surface area contributed by atoms with Gasteiger partial charge in [0.1, 0.15) is 18.2 Å². The number of nitrogens with zero attached hydrogens (tertiary/aromatic N) is 3. The number of amides is 1. The lowest BCUT2D eigenvalue weighted by atomic mass is 10.3. The fourth-order valence-corrected chi connectivity index (χ4v) is 2.18. The molecule has 1 aliphatic heterocycles. The lowest BCUT2D eigenvalue weighted by Crippen LogP contribution is -2.33. The van der Waals surface area contributed by atoms with Gasteiger partial charge in [-0.3, -0.25) is 4.79 Å². The zero-order valence-electron chi connectivity index (χ0n) is 12.7. The summed E-state index contributed by atoms with van der Waals surface area (Å²) in [5.74, 6) is 2.20. The van der Waals surface area contributed by atoms with Gasteiger partial charge in [-0.15, -0.1) is 0 Å². The summed E-state index contributed by atoms with van der Waals surface area (Å²) in [6, 6.07) is 1.89. The van der Waals surface area contributed by atoms with E-state index >= 15 is 0 Å². The molecule has 1 fully saturated rings. The first-order chi connectivity index (χ1) is 10.2. The molecule has 1 aromatic heterocycles. The van der Waals surface area contributed by atoms with Gasteiger partial charge in [0.05, 0.1) is 6.54 Å². The third kappa shape index (κ3) is 4.56. The maximum atomic E-state index is 11.7. The number of hydrogen-bond donors (Lipinski definition) is 2. The molecule has 116 valence electrons. The second kappa shape index (κ2) is 7.78. The Bertz CT molecular complexity index is 480. The minimum atomic E-state index is 0.0301. The fraction of sp³-hybridized carbons (Fsp3) is 0.643. The molecule has 0 saturated carbocycles. The van der Waals surface area contributed by atoms with Gasteiger partial charge < -0.3 is 20.3 Å². The lowest BCUT2D eigenvalue weighted by Gasteiger charge is -2.21. The van der Waals surface area contributed by atoms with E-state index in [0.29, 0.717) is 32.1 Å². The average molecular weight is 293 g/mol. The third-order valence-electron chi connectivity index (χ3n) is 3.14. The number of ether oxygens (including phenoxy) is 1. The molecule has 2 heterocycles. The van der Waals surface area contributed by atoms with Crippen molar-refractivity contribution in [1.82, 2.24) is 15.3 Å². The van der Waals surface area contributed by atoms with Crippen LogP contribution in [0.25, 0.3) is 0 Å². The zero-order chi connectivity index (χ0) is 15.1. The van der Waals surface area contributed by atoms with Crippen molar-refractivity contribution in [1.29, 1.82) is 0 Å². The highest BCUT2D eigenvalue weighted by atomic mass is 16.5. The highest BCUT2D eigenvalue weighted by Gasteiger charge is 2.17. The van der Waals surface area contributed by atoms with Gasteiger partial charge in [-0.2, -0.15) is 0 Å². The second-order valence-electron chi connectivity index (χ2n) is 4.82. The van der Waals surface area contributed by atoms with Gasteiger partial charge >= 0.3 is 0 Å². The van der Waals surface area contributed by atoms with Crippen LogP contribution in [0, 0.1) is 0 Å². The molecule has 0 unspecified atom stereocenters. The number of carbonyl (C=O) groups is 1. The Morgan fingerprint density at radius 3 is 3.05 bits per heavy atom. The van der Waals surface area contributed by atoms with Crippen molar-refractivity contribution in [2.75, 3.05) is 43.0 Å². The van der Waals surface area contributed by atoms with Gasteiger partial charge in [0.15, 0.2) is 5.82 Å². The molecule has 0 spiro atoms. The molecule has 0 radical (unpaired) electrons. The van der Waals surface area contributed by atoms with Gasteiger partial charge in [-0.1, -0.05) is 0 Å². The van der Waals surface area contributed by atoms with Crippen molar-refractivity contribution in [3.8, 4) is 0 Å². The average Bonchev–Trinajstić information content (AvgIpc) is 2.70. The molecule has 0 atom stereocenters. The Balaban J connectivity index is 2.22. The quantitative estimate of drug-likeness (QED) is 0.806. The Labute approximate surface area is 125 Å². The van der Waals surface area contributed by atoms with Crippen molar-refractivity contribution in [3.05, 3.63) is 11.9 Å². The van der Waals surface area contributed by atoms with Crippen LogP contribution in [0.5, 0.6) is 0 Å². The predicted molar refractivity (Wildman–Crippen MR) is 81.4 cm³/mol. The molecule has 21 heavy (non-hydrogen) atoms. The van der Waals surface area contributed by atoms with Crippen LogP contribution in [0.1, 0.15) is 26.1 Å². The van der Waals surface area contributed by atoms with Gasteiger partial charge in [0.2, 0.25) is 5.91 Å². The largest absolute Gasteiger partial charge is 0.374 e. The van der Waals surface area contributed by atoms with Crippen LogP contribution in [-0.4, -0.2) is 48.7 Å². The SMILES string of the molecule is CCNc1cc(N2CCCNC(=O)C2)nc(COCC)n1. The van der Waals surface area contributed by atoms with Crippen molar-refractivity contribution in [3.63, 3.8) is 0 Å². The molecule has 2 N–H and O–H groups in total. The maximum absolute atomic E-state index is 11.7. The monoisotopic (exact) mass is 293 g/mol. The molecule has 1 saturated heterocycles. The van der Waals surface area contributed by atoms with Gasteiger partial charge in [0.25, 0.3) is 0 Å². The minimum Gasteiger partial charge on any atom is -0.374 e. The van der Waals surface area contributed by atoms with E-state index in [2.05, 4.69) is 20.6 Å². The Morgan fingerprint density at radius 2 is 2.29 bits per heavy atom. The molecule has 0 bridgehead atoms. The van der Waals surface area contributed by atoms with E-state index in [1.54, 1.807) is 0 Å².